The molecule has 0 radical (unpaired) electrons. The van der Waals surface area contributed by atoms with Gasteiger partial charge in [0, 0.05) is 12.6 Å². The number of benzene rings is 1. The summed E-state index contributed by atoms with van der Waals surface area (Å²) >= 11 is 6.27. The maximum Gasteiger partial charge on any atom is 0.326 e. The van der Waals surface area contributed by atoms with Gasteiger partial charge < -0.3 is 14.0 Å². The van der Waals surface area contributed by atoms with Gasteiger partial charge in [-0.1, -0.05) is 41.9 Å². The van der Waals surface area contributed by atoms with Crippen LogP contribution in [-0.4, -0.2) is 34.7 Å². The van der Waals surface area contributed by atoms with Gasteiger partial charge in [-0.3, -0.25) is 14.4 Å². The first-order valence-electron chi connectivity index (χ1n) is 8.07. The van der Waals surface area contributed by atoms with Gasteiger partial charge in [0.2, 0.25) is 5.92 Å². The van der Waals surface area contributed by atoms with Crippen LogP contribution in [0.25, 0.3) is 11.3 Å². The number of carbonyl (C=O) groups excluding carboxylic acids is 2. The lowest BCUT2D eigenvalue weighted by Crippen LogP contribution is -2.35. The van der Waals surface area contributed by atoms with Crippen LogP contribution < -0.4 is 5.56 Å². The topological polar surface area (TPSA) is 87.5 Å². The Balaban J connectivity index is 2.63. The van der Waals surface area contributed by atoms with Crippen LogP contribution in [0.3, 0.4) is 0 Å². The van der Waals surface area contributed by atoms with Crippen molar-refractivity contribution in [2.45, 2.75) is 19.8 Å². The Morgan fingerprint density at radius 3 is 2.15 bits per heavy atom. The average Bonchev–Trinajstić information content (AvgIpc) is 2.61. The van der Waals surface area contributed by atoms with Crippen molar-refractivity contribution in [3.63, 3.8) is 0 Å². The molecule has 1 aromatic heterocycles. The van der Waals surface area contributed by atoms with Gasteiger partial charge in [-0.2, -0.15) is 0 Å². The summed E-state index contributed by atoms with van der Waals surface area (Å²) in [6.45, 7) is 3.28. The fourth-order valence-corrected chi connectivity index (χ4v) is 2.81. The third-order valence-corrected chi connectivity index (χ3v) is 3.90. The summed E-state index contributed by atoms with van der Waals surface area (Å²) < 4.78 is 11.1. The van der Waals surface area contributed by atoms with Gasteiger partial charge in [-0.05, 0) is 13.8 Å². The molecular formula is C18H19ClN2O5. The minimum atomic E-state index is -1.59. The van der Waals surface area contributed by atoms with Crippen LogP contribution in [0.1, 0.15) is 25.5 Å². The lowest BCUT2D eigenvalue weighted by Gasteiger charge is -2.17. The Morgan fingerprint density at radius 2 is 1.65 bits per heavy atom. The Labute approximate surface area is 155 Å². The zero-order valence-corrected chi connectivity index (χ0v) is 15.4. The molecule has 0 amide bonds. The summed E-state index contributed by atoms with van der Waals surface area (Å²) in [5.41, 5.74) is 0.112. The van der Waals surface area contributed by atoms with Gasteiger partial charge >= 0.3 is 11.9 Å². The van der Waals surface area contributed by atoms with Gasteiger partial charge in [-0.25, -0.2) is 4.98 Å². The van der Waals surface area contributed by atoms with E-state index in [1.807, 2.05) is 6.07 Å². The second-order valence-corrected chi connectivity index (χ2v) is 5.66. The molecule has 0 unspecified atom stereocenters. The molecule has 0 aliphatic rings. The van der Waals surface area contributed by atoms with Gasteiger partial charge in [0.15, 0.2) is 5.15 Å². The summed E-state index contributed by atoms with van der Waals surface area (Å²) in [7, 11) is 1.50. The number of hydrogen-bond acceptors (Lipinski definition) is 6. The highest BCUT2D eigenvalue weighted by atomic mass is 35.5. The minimum absolute atomic E-state index is 0.00750. The standard InChI is InChI=1S/C18H19ClN2O5/c1-4-25-17(23)12(18(24)26-5-2)13-16(22)21(3)14(15(19)20-13)11-9-7-6-8-10-11/h6-10,12H,4-5H2,1-3H3. The molecule has 0 saturated carbocycles. The Bertz CT molecular complexity index is 846. The van der Waals surface area contributed by atoms with E-state index in [2.05, 4.69) is 4.98 Å². The minimum Gasteiger partial charge on any atom is -0.465 e. The molecule has 0 atom stereocenters. The van der Waals surface area contributed by atoms with Crippen molar-refractivity contribution >= 4 is 23.5 Å². The van der Waals surface area contributed by atoms with Crippen molar-refractivity contribution in [2.24, 2.45) is 7.05 Å². The highest BCUT2D eigenvalue weighted by molar-refractivity contribution is 6.31. The Hall–Kier alpha value is -2.67. The second-order valence-electron chi connectivity index (χ2n) is 5.30. The molecular weight excluding hydrogens is 360 g/mol. The summed E-state index contributed by atoms with van der Waals surface area (Å²) in [6.07, 6.45) is 0. The summed E-state index contributed by atoms with van der Waals surface area (Å²) in [6, 6.07) is 8.97. The van der Waals surface area contributed by atoms with E-state index in [0.717, 1.165) is 0 Å². The smallest absolute Gasteiger partial charge is 0.326 e. The van der Waals surface area contributed by atoms with Crippen molar-refractivity contribution in [3.8, 4) is 11.3 Å². The average molecular weight is 379 g/mol. The highest BCUT2D eigenvalue weighted by Gasteiger charge is 2.36. The normalized spacial score (nSPS) is 10.7. The molecule has 0 aliphatic heterocycles. The molecule has 2 rings (SSSR count). The molecule has 0 aliphatic carbocycles. The van der Waals surface area contributed by atoms with Gasteiger partial charge in [-0.15, -0.1) is 0 Å². The number of aromatic nitrogens is 2. The number of rotatable bonds is 6. The van der Waals surface area contributed by atoms with Gasteiger partial charge in [0.1, 0.15) is 5.69 Å². The number of ether oxygens (including phenoxy) is 2. The Morgan fingerprint density at radius 1 is 1.12 bits per heavy atom. The van der Waals surface area contributed by atoms with E-state index in [1.54, 1.807) is 38.1 Å². The van der Waals surface area contributed by atoms with E-state index < -0.39 is 23.4 Å². The molecule has 2 aromatic rings. The first-order chi connectivity index (χ1) is 12.4. The number of nitrogens with zero attached hydrogens (tertiary/aromatic N) is 2. The van der Waals surface area contributed by atoms with Crippen LogP contribution in [0.5, 0.6) is 0 Å². The number of halogens is 1. The van der Waals surface area contributed by atoms with Crippen molar-refractivity contribution in [2.75, 3.05) is 13.2 Å². The van der Waals surface area contributed by atoms with Crippen LogP contribution in [0.4, 0.5) is 0 Å². The van der Waals surface area contributed by atoms with Crippen LogP contribution in [0, 0.1) is 0 Å². The predicted molar refractivity (Wildman–Crippen MR) is 95.9 cm³/mol. The van der Waals surface area contributed by atoms with E-state index in [9.17, 15) is 14.4 Å². The number of esters is 2. The van der Waals surface area contributed by atoms with E-state index in [1.165, 1.54) is 11.6 Å². The molecule has 7 nitrogen and oxygen atoms in total. The maximum absolute atomic E-state index is 12.8. The molecule has 0 N–H and O–H groups in total. The molecule has 0 spiro atoms. The molecule has 138 valence electrons. The predicted octanol–water partition coefficient (Wildman–Crippen LogP) is 2.31. The molecule has 0 fully saturated rings. The zero-order chi connectivity index (χ0) is 19.3. The fraction of sp³-hybridized carbons (Fsp3) is 0.333. The molecule has 0 saturated heterocycles. The molecule has 1 aromatic carbocycles. The zero-order valence-electron chi connectivity index (χ0n) is 14.7. The van der Waals surface area contributed by atoms with Crippen LogP contribution in [0.15, 0.2) is 35.1 Å². The summed E-state index contributed by atoms with van der Waals surface area (Å²) in [4.78, 5) is 41.3. The fourth-order valence-electron chi connectivity index (χ4n) is 2.49. The Kier molecular flexibility index (Phi) is 6.52. The van der Waals surface area contributed by atoms with Crippen molar-refractivity contribution in [1.29, 1.82) is 0 Å². The number of hydrogen-bond donors (Lipinski definition) is 0. The molecule has 26 heavy (non-hydrogen) atoms. The van der Waals surface area contributed by atoms with E-state index >= 15 is 0 Å². The third kappa shape index (κ3) is 3.94. The van der Waals surface area contributed by atoms with Crippen molar-refractivity contribution < 1.29 is 19.1 Å². The lowest BCUT2D eigenvalue weighted by atomic mass is 10.1. The van der Waals surface area contributed by atoms with Crippen LogP contribution >= 0.6 is 11.6 Å². The quantitative estimate of drug-likeness (QED) is 0.566. The molecule has 0 bridgehead atoms. The van der Waals surface area contributed by atoms with E-state index in [-0.39, 0.29) is 24.1 Å². The van der Waals surface area contributed by atoms with Crippen LogP contribution in [-0.2, 0) is 26.1 Å². The first kappa shape index (κ1) is 19.7. The molecule has 1 heterocycles. The van der Waals surface area contributed by atoms with Gasteiger partial charge in [0.05, 0.1) is 18.9 Å². The van der Waals surface area contributed by atoms with E-state index in [0.29, 0.717) is 11.3 Å². The third-order valence-electron chi connectivity index (χ3n) is 3.64. The summed E-state index contributed by atoms with van der Waals surface area (Å²) in [5.74, 6) is -3.39. The lowest BCUT2D eigenvalue weighted by molar-refractivity contribution is -0.157. The van der Waals surface area contributed by atoms with Crippen molar-refractivity contribution in [1.82, 2.24) is 9.55 Å². The monoisotopic (exact) mass is 378 g/mol. The molecule has 8 heteroatoms. The van der Waals surface area contributed by atoms with E-state index in [4.69, 9.17) is 21.1 Å². The highest BCUT2D eigenvalue weighted by Crippen LogP contribution is 2.26. The second kappa shape index (κ2) is 8.62. The maximum atomic E-state index is 12.8. The summed E-state index contributed by atoms with van der Waals surface area (Å²) in [5, 5.41) is -0.00750. The number of carbonyl (C=O) groups is 2. The first-order valence-corrected chi connectivity index (χ1v) is 8.45. The van der Waals surface area contributed by atoms with Crippen molar-refractivity contribution in [3.05, 3.63) is 51.5 Å². The van der Waals surface area contributed by atoms with Gasteiger partial charge in [0.25, 0.3) is 5.56 Å². The van der Waals surface area contributed by atoms with Crippen LogP contribution in [0.2, 0.25) is 5.15 Å². The SMILES string of the molecule is CCOC(=O)C(C(=O)OCC)c1nc(Cl)c(-c2ccccc2)n(C)c1=O. The largest absolute Gasteiger partial charge is 0.465 e.